The molecule has 1 heterocycles. The molecule has 0 radical (unpaired) electrons. The van der Waals surface area contributed by atoms with Gasteiger partial charge in [-0.3, -0.25) is 9.59 Å². The van der Waals surface area contributed by atoms with Crippen LogP contribution in [0.15, 0.2) is 0 Å². The van der Waals surface area contributed by atoms with Crippen LogP contribution in [0.3, 0.4) is 0 Å². The van der Waals surface area contributed by atoms with Crippen LogP contribution in [0.5, 0.6) is 0 Å². The predicted octanol–water partition coefficient (Wildman–Crippen LogP) is 0.917. The molecule has 0 aromatic carbocycles. The van der Waals surface area contributed by atoms with Crippen LogP contribution in [-0.2, 0) is 14.3 Å². The van der Waals surface area contributed by atoms with E-state index >= 15 is 0 Å². The van der Waals surface area contributed by atoms with Gasteiger partial charge in [-0.2, -0.15) is 0 Å². The van der Waals surface area contributed by atoms with Crippen molar-refractivity contribution >= 4 is 11.8 Å². The molecule has 1 aliphatic rings. The molecule has 0 bridgehead atoms. The smallest absolute Gasteiger partial charge is 0.316 e. The molecule has 0 saturated carbocycles. The van der Waals surface area contributed by atoms with Crippen molar-refractivity contribution in [2.45, 2.75) is 32.8 Å². The lowest BCUT2D eigenvalue weighted by Crippen LogP contribution is -2.36. The molecule has 0 amide bonds. The molecule has 0 aliphatic carbocycles. The number of rotatable bonds is 1. The van der Waals surface area contributed by atoms with Crippen LogP contribution in [0, 0.1) is 5.92 Å². The average molecular weight is 156 g/mol. The van der Waals surface area contributed by atoms with Gasteiger partial charge >= 0.3 is 5.97 Å². The molecule has 1 rings (SSSR count). The number of cyclic esters (lactones) is 1. The second kappa shape index (κ2) is 3.03. The summed E-state index contributed by atoms with van der Waals surface area (Å²) in [5, 5.41) is 0. The third-order valence-electron chi connectivity index (χ3n) is 2.00. The first-order chi connectivity index (χ1) is 5.15. The van der Waals surface area contributed by atoms with Gasteiger partial charge in [0.1, 0.15) is 12.0 Å². The molecule has 0 spiro atoms. The van der Waals surface area contributed by atoms with Gasteiger partial charge in [-0.05, 0) is 13.3 Å². The van der Waals surface area contributed by atoms with Crippen LogP contribution in [-0.4, -0.2) is 17.9 Å². The molecule has 11 heavy (non-hydrogen) atoms. The molecule has 0 aromatic heterocycles. The molecule has 3 nitrogen and oxygen atoms in total. The van der Waals surface area contributed by atoms with Crippen molar-refractivity contribution < 1.29 is 14.3 Å². The zero-order chi connectivity index (χ0) is 8.43. The molecular weight excluding hydrogens is 144 g/mol. The quantitative estimate of drug-likeness (QED) is 0.418. The maximum atomic E-state index is 11.1. The van der Waals surface area contributed by atoms with Crippen LogP contribution in [0.25, 0.3) is 0 Å². The first-order valence-electron chi connectivity index (χ1n) is 3.88. The van der Waals surface area contributed by atoms with Crippen LogP contribution in [0.4, 0.5) is 0 Å². The van der Waals surface area contributed by atoms with E-state index in [1.807, 2.05) is 6.92 Å². The lowest BCUT2D eigenvalue weighted by Gasteiger charge is -2.23. The van der Waals surface area contributed by atoms with Crippen molar-refractivity contribution in [1.82, 2.24) is 0 Å². The fourth-order valence-corrected chi connectivity index (χ4v) is 1.07. The van der Waals surface area contributed by atoms with E-state index in [2.05, 4.69) is 0 Å². The second-order valence-corrected chi connectivity index (χ2v) is 2.86. The summed E-state index contributed by atoms with van der Waals surface area (Å²) in [5.41, 5.74) is 0. The second-order valence-electron chi connectivity index (χ2n) is 2.86. The zero-order valence-corrected chi connectivity index (χ0v) is 6.79. The third kappa shape index (κ3) is 1.59. The van der Waals surface area contributed by atoms with E-state index in [0.717, 1.165) is 6.42 Å². The maximum Gasteiger partial charge on any atom is 0.316 e. The summed E-state index contributed by atoms with van der Waals surface area (Å²) < 4.78 is 4.96. The monoisotopic (exact) mass is 156 g/mol. The minimum absolute atomic E-state index is 0.00750. The van der Waals surface area contributed by atoms with Crippen molar-refractivity contribution in [3.63, 3.8) is 0 Å². The van der Waals surface area contributed by atoms with Gasteiger partial charge in [-0.1, -0.05) is 6.92 Å². The first kappa shape index (κ1) is 8.24. The number of ketones is 1. The van der Waals surface area contributed by atoms with E-state index in [-0.39, 0.29) is 17.9 Å². The molecule has 62 valence electrons. The average Bonchev–Trinajstić information content (AvgIpc) is 1.99. The Kier molecular flexibility index (Phi) is 2.27. The number of Topliss-reactive ketones (excluding diaryl/α,β-unsaturated/α-hetero) is 1. The van der Waals surface area contributed by atoms with Crippen molar-refractivity contribution in [3.05, 3.63) is 0 Å². The van der Waals surface area contributed by atoms with E-state index in [1.54, 1.807) is 6.92 Å². The van der Waals surface area contributed by atoms with E-state index in [9.17, 15) is 9.59 Å². The van der Waals surface area contributed by atoms with Gasteiger partial charge in [0.2, 0.25) is 0 Å². The number of esters is 1. The minimum atomic E-state index is -0.544. The molecule has 0 aromatic rings. The highest BCUT2D eigenvalue weighted by Gasteiger charge is 2.32. The molecule has 1 aliphatic heterocycles. The molecular formula is C8H12O3. The van der Waals surface area contributed by atoms with Crippen molar-refractivity contribution in [1.29, 1.82) is 0 Å². The molecule has 2 unspecified atom stereocenters. The van der Waals surface area contributed by atoms with Gasteiger partial charge < -0.3 is 4.74 Å². The highest BCUT2D eigenvalue weighted by atomic mass is 16.5. The zero-order valence-electron chi connectivity index (χ0n) is 6.79. The van der Waals surface area contributed by atoms with E-state index in [1.165, 1.54) is 0 Å². The Hall–Kier alpha value is -0.860. The molecule has 3 heteroatoms. The molecule has 1 fully saturated rings. The summed E-state index contributed by atoms with van der Waals surface area (Å²) in [4.78, 5) is 22.0. The van der Waals surface area contributed by atoms with Crippen LogP contribution >= 0.6 is 0 Å². The van der Waals surface area contributed by atoms with Gasteiger partial charge in [0.25, 0.3) is 0 Å². The summed E-state index contributed by atoms with van der Waals surface area (Å²) in [6.07, 6.45) is 0.944. The Balaban J connectivity index is 2.62. The third-order valence-corrected chi connectivity index (χ3v) is 2.00. The van der Waals surface area contributed by atoms with Gasteiger partial charge in [0, 0.05) is 6.42 Å². The summed E-state index contributed by atoms with van der Waals surface area (Å²) in [5.74, 6) is -0.904. The largest absolute Gasteiger partial charge is 0.461 e. The Morgan fingerprint density at radius 3 is 2.64 bits per heavy atom. The first-order valence-corrected chi connectivity index (χ1v) is 3.88. The van der Waals surface area contributed by atoms with Crippen LogP contribution < -0.4 is 0 Å². The number of hydrogen-bond acceptors (Lipinski definition) is 3. The summed E-state index contributed by atoms with van der Waals surface area (Å²) >= 11 is 0. The topological polar surface area (TPSA) is 43.4 Å². The highest BCUT2D eigenvalue weighted by molar-refractivity contribution is 6.00. The number of carbonyl (C=O) groups is 2. The van der Waals surface area contributed by atoms with Crippen molar-refractivity contribution in [2.24, 2.45) is 5.92 Å². The summed E-state index contributed by atoms with van der Waals surface area (Å²) in [6.45, 7) is 3.50. The Labute approximate surface area is 65.7 Å². The summed E-state index contributed by atoms with van der Waals surface area (Å²) in [6, 6.07) is 0. The minimum Gasteiger partial charge on any atom is -0.461 e. The van der Waals surface area contributed by atoms with Gasteiger partial charge in [-0.25, -0.2) is 0 Å². The van der Waals surface area contributed by atoms with Gasteiger partial charge in [-0.15, -0.1) is 0 Å². The van der Waals surface area contributed by atoms with E-state index < -0.39 is 5.92 Å². The lowest BCUT2D eigenvalue weighted by atomic mass is 9.97. The van der Waals surface area contributed by atoms with Crippen LogP contribution in [0.1, 0.15) is 26.7 Å². The fourth-order valence-electron chi connectivity index (χ4n) is 1.07. The van der Waals surface area contributed by atoms with E-state index in [4.69, 9.17) is 4.74 Å². The number of ether oxygens (including phenoxy) is 1. The van der Waals surface area contributed by atoms with E-state index in [0.29, 0.717) is 6.42 Å². The molecule has 1 saturated heterocycles. The van der Waals surface area contributed by atoms with Crippen LogP contribution in [0.2, 0.25) is 0 Å². The summed E-state index contributed by atoms with van der Waals surface area (Å²) in [7, 11) is 0. The van der Waals surface area contributed by atoms with Gasteiger partial charge in [0.05, 0.1) is 0 Å². The lowest BCUT2D eigenvalue weighted by molar-refractivity contribution is -0.163. The number of carbonyl (C=O) groups excluding carboxylic acids is 2. The Morgan fingerprint density at radius 1 is 1.55 bits per heavy atom. The standard InChI is InChI=1S/C8H12O3/c1-3-6-4-7(9)5(2)8(10)11-6/h5-6H,3-4H2,1-2H3. The normalized spacial score (nSPS) is 31.8. The Bertz CT molecular complexity index is 168. The molecule has 2 atom stereocenters. The predicted molar refractivity (Wildman–Crippen MR) is 39.0 cm³/mol. The fraction of sp³-hybridized carbons (Fsp3) is 0.750. The SMILES string of the molecule is CCC1CC(=O)C(C)C(=O)O1. The molecule has 0 N–H and O–H groups in total. The highest BCUT2D eigenvalue weighted by Crippen LogP contribution is 2.18. The Morgan fingerprint density at radius 2 is 2.18 bits per heavy atom. The van der Waals surface area contributed by atoms with Crippen molar-refractivity contribution in [3.8, 4) is 0 Å². The van der Waals surface area contributed by atoms with Gasteiger partial charge in [0.15, 0.2) is 5.78 Å². The number of hydrogen-bond donors (Lipinski definition) is 0. The maximum absolute atomic E-state index is 11.1. The van der Waals surface area contributed by atoms with Crippen molar-refractivity contribution in [2.75, 3.05) is 0 Å².